The van der Waals surface area contributed by atoms with Crippen LogP contribution in [0.4, 0.5) is 0 Å². The monoisotopic (exact) mass is 1490 g/mol. The first-order valence-electron chi connectivity index (χ1n) is 42.8. The van der Waals surface area contributed by atoms with E-state index in [-0.39, 0.29) is 25.7 Å². The molecule has 0 aliphatic carbocycles. The second kappa shape index (κ2) is 72.0. The zero-order valence-corrected chi connectivity index (χ0v) is 69.0. The summed E-state index contributed by atoms with van der Waals surface area (Å²) in [6, 6.07) is 0. The molecule has 0 aromatic rings. The number of rotatable bonds is 80. The largest absolute Gasteiger partial charge is 0.472 e. The van der Waals surface area contributed by atoms with Gasteiger partial charge < -0.3 is 33.8 Å². The predicted octanol–water partition coefficient (Wildman–Crippen LogP) is 24.8. The van der Waals surface area contributed by atoms with Crippen LogP contribution in [0, 0.1) is 23.7 Å². The van der Waals surface area contributed by atoms with Gasteiger partial charge in [0.1, 0.15) is 19.3 Å². The van der Waals surface area contributed by atoms with Crippen LogP contribution in [0.2, 0.25) is 0 Å². The third kappa shape index (κ3) is 73.6. The Morgan fingerprint density at radius 3 is 0.696 bits per heavy atom. The molecule has 0 spiro atoms. The summed E-state index contributed by atoms with van der Waals surface area (Å²) >= 11 is 0. The highest BCUT2D eigenvalue weighted by Gasteiger charge is 2.30. The fourth-order valence-corrected chi connectivity index (χ4v) is 14.3. The summed E-state index contributed by atoms with van der Waals surface area (Å²) in [4.78, 5) is 73.0. The highest BCUT2D eigenvalue weighted by Crippen LogP contribution is 2.45. The Bertz CT molecular complexity index is 1990. The smallest absolute Gasteiger partial charge is 0.462 e. The minimum atomic E-state index is -4.96. The minimum absolute atomic E-state index is 0.106. The molecule has 0 aromatic heterocycles. The Labute approximate surface area is 626 Å². The molecule has 0 saturated carbocycles. The first-order valence-corrected chi connectivity index (χ1v) is 45.8. The van der Waals surface area contributed by atoms with E-state index in [2.05, 4.69) is 55.4 Å². The summed E-state index contributed by atoms with van der Waals surface area (Å²) in [6.07, 6.45) is 59.8. The molecule has 3 N–H and O–H groups in total. The van der Waals surface area contributed by atoms with Crippen LogP contribution in [0.1, 0.15) is 428 Å². The zero-order valence-electron chi connectivity index (χ0n) is 67.2. The lowest BCUT2D eigenvalue weighted by Crippen LogP contribution is -2.30. The van der Waals surface area contributed by atoms with Crippen LogP contribution in [0.5, 0.6) is 0 Å². The number of aliphatic hydroxyl groups excluding tert-OH is 1. The van der Waals surface area contributed by atoms with E-state index >= 15 is 0 Å². The van der Waals surface area contributed by atoms with Crippen molar-refractivity contribution in [2.24, 2.45) is 23.7 Å². The molecule has 0 aliphatic heterocycles. The molecule has 102 heavy (non-hydrogen) atoms. The van der Waals surface area contributed by atoms with Gasteiger partial charge in [0.15, 0.2) is 12.2 Å². The summed E-state index contributed by atoms with van der Waals surface area (Å²) in [5.41, 5.74) is 0. The summed E-state index contributed by atoms with van der Waals surface area (Å²) in [6.45, 7) is 14.3. The Balaban J connectivity index is 5.19. The zero-order chi connectivity index (χ0) is 75.3. The van der Waals surface area contributed by atoms with E-state index in [0.29, 0.717) is 31.6 Å². The average Bonchev–Trinajstić information content (AvgIpc) is 0.917. The van der Waals surface area contributed by atoms with Crippen LogP contribution in [-0.2, 0) is 65.4 Å². The molecular formula is C83H162O17P2. The van der Waals surface area contributed by atoms with E-state index < -0.39 is 97.5 Å². The van der Waals surface area contributed by atoms with E-state index in [0.717, 1.165) is 114 Å². The van der Waals surface area contributed by atoms with Gasteiger partial charge in [-0.05, 0) is 49.4 Å². The van der Waals surface area contributed by atoms with Crippen LogP contribution in [0.25, 0.3) is 0 Å². The average molecular weight is 1490 g/mol. The SMILES string of the molecule is CCC(C)CCCCCCCCCCCCCCCCC(=O)OC[C@H](COP(=O)(O)OCC(O)COP(=O)(O)OC[C@@H](COC(=O)CCCCCCCCC(C)C)OC(=O)CCCCCCCCCCCCCCCCCCCCC(C)C)OC(=O)CCCCCCCCCCCCC(C)CC. The highest BCUT2D eigenvalue weighted by atomic mass is 31.2. The van der Waals surface area contributed by atoms with Crippen LogP contribution in [0.15, 0.2) is 0 Å². The van der Waals surface area contributed by atoms with Crippen molar-refractivity contribution >= 4 is 39.5 Å². The number of hydrogen-bond donors (Lipinski definition) is 3. The minimum Gasteiger partial charge on any atom is -0.462 e. The molecule has 0 bridgehead atoms. The number of aliphatic hydroxyl groups is 1. The van der Waals surface area contributed by atoms with Gasteiger partial charge in [-0.15, -0.1) is 0 Å². The highest BCUT2D eigenvalue weighted by molar-refractivity contribution is 7.47. The van der Waals surface area contributed by atoms with Gasteiger partial charge in [-0.2, -0.15) is 0 Å². The van der Waals surface area contributed by atoms with Gasteiger partial charge in [-0.1, -0.05) is 376 Å². The Hall–Kier alpha value is -1.94. The first kappa shape index (κ1) is 100. The standard InChI is InChI=1S/C83H162O17P2/c1-9-75(7)61-53-45-36-30-24-20-17-18-21-25-32-38-47-55-63-80(85)93-69-78(99-83(88)66-58-50-40-34-28-27-31-37-46-54-62-76(8)10-2)71-97-101(89,90)95-67-77(84)68-96-102(91,92)98-72-79(70-94-81(86)64-56-48-42-41-44-52-60-74(5)6)100-82(87)65-57-49-39-33-26-22-16-14-12-11-13-15-19-23-29-35-43-51-59-73(3)4/h73-79,84H,9-72H2,1-8H3,(H,89,90)(H,91,92)/t75?,76?,77?,78-,79-/m1/s1. The molecule has 7 atom stereocenters. The van der Waals surface area contributed by atoms with Gasteiger partial charge in [-0.3, -0.25) is 37.3 Å². The number of unbranched alkanes of at least 4 members (excludes halogenated alkanes) is 44. The lowest BCUT2D eigenvalue weighted by atomic mass is 9.99. The maximum atomic E-state index is 13.1. The molecule has 0 amide bonds. The summed E-state index contributed by atoms with van der Waals surface area (Å²) in [5.74, 6) is 1.04. The van der Waals surface area contributed by atoms with Crippen LogP contribution in [-0.4, -0.2) is 96.7 Å². The molecular weight excluding hydrogens is 1330 g/mol. The maximum Gasteiger partial charge on any atom is 0.472 e. The second-order valence-corrected chi connectivity index (χ2v) is 34.2. The molecule has 0 aromatic carbocycles. The molecule has 19 heteroatoms. The molecule has 0 heterocycles. The number of ether oxygens (including phenoxy) is 4. The van der Waals surface area contributed by atoms with Gasteiger partial charge in [0.05, 0.1) is 26.4 Å². The van der Waals surface area contributed by atoms with Crippen LogP contribution in [0.3, 0.4) is 0 Å². The van der Waals surface area contributed by atoms with Gasteiger partial charge in [-0.25, -0.2) is 9.13 Å². The molecule has 0 aliphatic rings. The lowest BCUT2D eigenvalue weighted by molar-refractivity contribution is -0.161. The quantitative estimate of drug-likeness (QED) is 0.0222. The normalized spacial score (nSPS) is 14.5. The van der Waals surface area contributed by atoms with Gasteiger partial charge >= 0.3 is 39.5 Å². The van der Waals surface area contributed by atoms with Gasteiger partial charge in [0.25, 0.3) is 0 Å². The van der Waals surface area contributed by atoms with Crippen molar-refractivity contribution in [3.63, 3.8) is 0 Å². The van der Waals surface area contributed by atoms with Crippen molar-refractivity contribution in [3.8, 4) is 0 Å². The number of hydrogen-bond acceptors (Lipinski definition) is 15. The van der Waals surface area contributed by atoms with E-state index in [9.17, 15) is 43.2 Å². The molecule has 17 nitrogen and oxygen atoms in total. The second-order valence-electron chi connectivity index (χ2n) is 31.3. The molecule has 5 unspecified atom stereocenters. The fraction of sp³-hybridized carbons (Fsp3) is 0.952. The van der Waals surface area contributed by atoms with Crippen LogP contribution < -0.4 is 0 Å². The van der Waals surface area contributed by atoms with Gasteiger partial charge in [0.2, 0.25) is 0 Å². The number of esters is 4. The third-order valence-electron chi connectivity index (χ3n) is 20.0. The van der Waals surface area contributed by atoms with Crippen molar-refractivity contribution in [2.75, 3.05) is 39.6 Å². The topological polar surface area (TPSA) is 237 Å². The summed E-state index contributed by atoms with van der Waals surface area (Å²) in [5, 5.41) is 10.6. The van der Waals surface area contributed by atoms with Crippen molar-refractivity contribution in [1.29, 1.82) is 0 Å². The number of phosphoric ester groups is 2. The molecule has 0 rings (SSSR count). The van der Waals surface area contributed by atoms with E-state index in [1.54, 1.807) is 0 Å². The molecule has 606 valence electrons. The fourth-order valence-electron chi connectivity index (χ4n) is 12.7. The Morgan fingerprint density at radius 2 is 0.471 bits per heavy atom. The lowest BCUT2D eigenvalue weighted by Gasteiger charge is -2.21. The van der Waals surface area contributed by atoms with Crippen molar-refractivity contribution in [3.05, 3.63) is 0 Å². The van der Waals surface area contributed by atoms with Crippen molar-refractivity contribution in [2.45, 2.75) is 446 Å². The first-order chi connectivity index (χ1) is 49.2. The Kier molecular flexibility index (Phi) is 70.6. The number of phosphoric acid groups is 2. The van der Waals surface area contributed by atoms with E-state index in [4.69, 9.17) is 37.0 Å². The molecule has 0 radical (unpaired) electrons. The summed E-state index contributed by atoms with van der Waals surface area (Å²) in [7, 11) is -9.92. The number of carbonyl (C=O) groups excluding carboxylic acids is 4. The number of carbonyl (C=O) groups is 4. The predicted molar refractivity (Wildman–Crippen MR) is 418 cm³/mol. The van der Waals surface area contributed by atoms with Gasteiger partial charge in [0, 0.05) is 25.7 Å². The third-order valence-corrected chi connectivity index (χ3v) is 21.9. The molecule has 0 saturated heterocycles. The van der Waals surface area contributed by atoms with Crippen molar-refractivity contribution < 1.29 is 80.2 Å². The maximum absolute atomic E-state index is 13.1. The van der Waals surface area contributed by atoms with Crippen molar-refractivity contribution in [1.82, 2.24) is 0 Å². The Morgan fingerprint density at radius 1 is 0.275 bits per heavy atom. The van der Waals surface area contributed by atoms with E-state index in [1.165, 1.54) is 225 Å². The van der Waals surface area contributed by atoms with Crippen LogP contribution >= 0.6 is 15.6 Å². The molecule has 0 fully saturated rings. The van der Waals surface area contributed by atoms with E-state index in [1.807, 2.05) is 0 Å². The summed E-state index contributed by atoms with van der Waals surface area (Å²) < 4.78 is 68.7.